The summed E-state index contributed by atoms with van der Waals surface area (Å²) in [4.78, 5) is 14.5. The smallest absolute Gasteiger partial charge is 0.222 e. The molecule has 0 N–H and O–H groups in total. The molecule has 0 radical (unpaired) electrons. The number of rotatable bonds is 9. The molecule has 0 spiro atoms. The lowest BCUT2D eigenvalue weighted by Crippen LogP contribution is -2.48. The maximum Gasteiger partial charge on any atom is 0.222 e. The van der Waals surface area contributed by atoms with Gasteiger partial charge in [0.2, 0.25) is 5.91 Å². The molecule has 0 bridgehead atoms. The highest BCUT2D eigenvalue weighted by atomic mass is 35.5. The fraction of sp³-hybridized carbons (Fsp3) is 0.423. The van der Waals surface area contributed by atoms with Gasteiger partial charge in [-0.15, -0.1) is 10.2 Å². The summed E-state index contributed by atoms with van der Waals surface area (Å²) in [5.74, 6) is 1.89. The number of unbranched alkanes of at least 4 members (excludes halogenated alkanes) is 1. The standard InChI is InChI=1S/C26H30Cl2N4O2S/c1-18-16-31(17-19(2)34-18)25(33)10-6-7-13-35-26-30-29-24(14-20-8-4-3-5-9-20)32(26)21-11-12-22(27)23(28)15-21/h3-5,8-9,11-12,15,18-19H,6-7,10,13-14,16-17H2,1-2H3. The minimum absolute atomic E-state index is 0.0936. The van der Waals surface area contributed by atoms with E-state index in [0.717, 1.165) is 40.8 Å². The van der Waals surface area contributed by atoms with Crippen LogP contribution in [-0.2, 0) is 16.0 Å². The van der Waals surface area contributed by atoms with Crippen molar-refractivity contribution in [3.8, 4) is 5.69 Å². The maximum atomic E-state index is 12.6. The zero-order valence-corrected chi connectivity index (χ0v) is 22.3. The second-order valence-corrected chi connectivity index (χ2v) is 10.7. The lowest BCUT2D eigenvalue weighted by atomic mass is 10.1. The van der Waals surface area contributed by atoms with Crippen LogP contribution in [0.15, 0.2) is 53.7 Å². The second-order valence-electron chi connectivity index (χ2n) is 8.86. The number of halogens is 2. The van der Waals surface area contributed by atoms with Crippen molar-refractivity contribution in [2.24, 2.45) is 0 Å². The predicted molar refractivity (Wildman–Crippen MR) is 142 cm³/mol. The van der Waals surface area contributed by atoms with Crippen LogP contribution in [0.2, 0.25) is 10.0 Å². The third-order valence-corrected chi connectivity index (χ3v) is 7.61. The Morgan fingerprint density at radius 3 is 2.49 bits per heavy atom. The van der Waals surface area contributed by atoms with Crippen molar-refractivity contribution in [2.45, 2.75) is 56.9 Å². The highest BCUT2D eigenvalue weighted by molar-refractivity contribution is 7.99. The average molecular weight is 534 g/mol. The zero-order valence-electron chi connectivity index (χ0n) is 20.0. The van der Waals surface area contributed by atoms with Gasteiger partial charge in [-0.05, 0) is 50.5 Å². The van der Waals surface area contributed by atoms with Gasteiger partial charge in [0.1, 0.15) is 5.82 Å². The first-order valence-corrected chi connectivity index (χ1v) is 13.6. The molecule has 2 heterocycles. The summed E-state index contributed by atoms with van der Waals surface area (Å²) in [5.41, 5.74) is 2.03. The molecular formula is C26H30Cl2N4O2S. The van der Waals surface area contributed by atoms with Crippen molar-refractivity contribution in [1.82, 2.24) is 19.7 Å². The van der Waals surface area contributed by atoms with Crippen molar-refractivity contribution in [3.05, 3.63) is 70.0 Å². The van der Waals surface area contributed by atoms with Crippen LogP contribution in [0.4, 0.5) is 0 Å². The molecule has 1 saturated heterocycles. The summed E-state index contributed by atoms with van der Waals surface area (Å²) in [6, 6.07) is 15.8. The number of thioether (sulfide) groups is 1. The van der Waals surface area contributed by atoms with Gasteiger partial charge in [-0.2, -0.15) is 0 Å². The molecule has 2 aromatic carbocycles. The number of benzene rings is 2. The molecule has 35 heavy (non-hydrogen) atoms. The Morgan fingerprint density at radius 2 is 1.77 bits per heavy atom. The minimum atomic E-state index is 0.0936. The first kappa shape index (κ1) is 26.0. The monoisotopic (exact) mass is 532 g/mol. The van der Waals surface area contributed by atoms with Gasteiger partial charge in [-0.25, -0.2) is 0 Å². The van der Waals surface area contributed by atoms with Crippen molar-refractivity contribution in [1.29, 1.82) is 0 Å². The van der Waals surface area contributed by atoms with Gasteiger partial charge in [0, 0.05) is 31.7 Å². The molecule has 2 unspecified atom stereocenters. The van der Waals surface area contributed by atoms with Crippen LogP contribution in [0, 0.1) is 0 Å². The largest absolute Gasteiger partial charge is 0.372 e. The lowest BCUT2D eigenvalue weighted by Gasteiger charge is -2.35. The molecule has 4 rings (SSSR count). The summed E-state index contributed by atoms with van der Waals surface area (Å²) < 4.78 is 7.77. The molecule has 0 aliphatic carbocycles. The van der Waals surface area contributed by atoms with Crippen LogP contribution >= 0.6 is 35.0 Å². The van der Waals surface area contributed by atoms with Crippen LogP contribution in [0.3, 0.4) is 0 Å². The van der Waals surface area contributed by atoms with E-state index in [9.17, 15) is 4.79 Å². The van der Waals surface area contributed by atoms with Gasteiger partial charge in [0.05, 0.1) is 27.9 Å². The van der Waals surface area contributed by atoms with Crippen molar-refractivity contribution in [2.75, 3.05) is 18.8 Å². The van der Waals surface area contributed by atoms with Crippen LogP contribution in [0.25, 0.3) is 5.69 Å². The number of amides is 1. The first-order valence-electron chi connectivity index (χ1n) is 11.9. The third kappa shape index (κ3) is 7.00. The Hall–Kier alpha value is -2.06. The van der Waals surface area contributed by atoms with Crippen LogP contribution in [0.5, 0.6) is 0 Å². The van der Waals surface area contributed by atoms with E-state index in [0.29, 0.717) is 36.0 Å². The summed E-state index contributed by atoms with van der Waals surface area (Å²) in [7, 11) is 0. The molecule has 6 nitrogen and oxygen atoms in total. The van der Waals surface area contributed by atoms with E-state index >= 15 is 0 Å². The van der Waals surface area contributed by atoms with Gasteiger partial charge < -0.3 is 9.64 Å². The maximum absolute atomic E-state index is 12.6. The SMILES string of the molecule is CC1CN(C(=O)CCCCSc2nnc(Cc3ccccc3)n2-c2ccc(Cl)c(Cl)c2)CC(C)O1. The van der Waals surface area contributed by atoms with Gasteiger partial charge in [0.15, 0.2) is 5.16 Å². The molecule has 3 aromatic rings. The molecule has 1 fully saturated rings. The fourth-order valence-corrected chi connectivity index (χ4v) is 5.51. The van der Waals surface area contributed by atoms with Crippen LogP contribution in [-0.4, -0.2) is 56.6 Å². The van der Waals surface area contributed by atoms with Gasteiger partial charge in [-0.3, -0.25) is 9.36 Å². The van der Waals surface area contributed by atoms with Gasteiger partial charge in [0.25, 0.3) is 0 Å². The van der Waals surface area contributed by atoms with E-state index in [2.05, 4.69) is 22.3 Å². The molecule has 1 aromatic heterocycles. The van der Waals surface area contributed by atoms with Gasteiger partial charge >= 0.3 is 0 Å². The number of hydrogen-bond donors (Lipinski definition) is 0. The highest BCUT2D eigenvalue weighted by Crippen LogP contribution is 2.29. The van der Waals surface area contributed by atoms with E-state index in [4.69, 9.17) is 27.9 Å². The van der Waals surface area contributed by atoms with Crippen molar-refractivity contribution in [3.63, 3.8) is 0 Å². The lowest BCUT2D eigenvalue weighted by molar-refractivity contribution is -0.143. The summed E-state index contributed by atoms with van der Waals surface area (Å²) in [5, 5.41) is 10.8. The van der Waals surface area contributed by atoms with Crippen LogP contribution < -0.4 is 0 Å². The van der Waals surface area contributed by atoms with Crippen molar-refractivity contribution < 1.29 is 9.53 Å². The van der Waals surface area contributed by atoms with E-state index in [1.165, 1.54) is 0 Å². The Kier molecular flexibility index (Phi) is 9.11. The fourth-order valence-electron chi connectivity index (χ4n) is 4.25. The zero-order chi connectivity index (χ0) is 24.8. The number of hydrogen-bond acceptors (Lipinski definition) is 5. The summed E-state index contributed by atoms with van der Waals surface area (Å²) in [6.45, 7) is 5.38. The third-order valence-electron chi connectivity index (χ3n) is 5.86. The average Bonchev–Trinajstić information content (AvgIpc) is 3.22. The molecule has 9 heteroatoms. The Bertz CT molecular complexity index is 1130. The molecule has 1 aliphatic rings. The summed E-state index contributed by atoms with van der Waals surface area (Å²) >= 11 is 14.1. The molecule has 0 saturated carbocycles. The number of carbonyl (C=O) groups is 1. The summed E-state index contributed by atoms with van der Waals surface area (Å²) in [6.07, 6.45) is 3.14. The molecule has 186 valence electrons. The number of morpholine rings is 1. The van der Waals surface area contributed by atoms with Crippen LogP contribution in [0.1, 0.15) is 44.5 Å². The number of carbonyl (C=O) groups excluding carboxylic acids is 1. The highest BCUT2D eigenvalue weighted by Gasteiger charge is 2.25. The number of ether oxygens (including phenoxy) is 1. The van der Waals surface area contributed by atoms with E-state index < -0.39 is 0 Å². The Labute approximate surface area is 221 Å². The van der Waals surface area contributed by atoms with E-state index in [1.54, 1.807) is 17.8 Å². The molecule has 2 atom stereocenters. The normalized spacial score (nSPS) is 18.1. The van der Waals surface area contributed by atoms with Gasteiger partial charge in [-0.1, -0.05) is 65.3 Å². The topological polar surface area (TPSA) is 60.2 Å². The molecule has 1 aliphatic heterocycles. The quantitative estimate of drug-likeness (QED) is 0.247. The molecular weight excluding hydrogens is 503 g/mol. The predicted octanol–water partition coefficient (Wildman–Crippen LogP) is 6.06. The molecule has 1 amide bonds. The second kappa shape index (κ2) is 12.3. The Balaban J connectivity index is 1.39. The first-order chi connectivity index (χ1) is 16.9. The minimum Gasteiger partial charge on any atom is -0.372 e. The van der Waals surface area contributed by atoms with E-state index in [-0.39, 0.29) is 18.1 Å². The van der Waals surface area contributed by atoms with Crippen molar-refractivity contribution >= 4 is 40.9 Å². The number of nitrogens with zero attached hydrogens (tertiary/aromatic N) is 4. The number of aromatic nitrogens is 3. The van der Waals surface area contributed by atoms with E-state index in [1.807, 2.05) is 53.6 Å². The Morgan fingerprint density at radius 1 is 1.03 bits per heavy atom.